The predicted molar refractivity (Wildman–Crippen MR) is 96.6 cm³/mol. The van der Waals surface area contributed by atoms with E-state index in [1.807, 2.05) is 13.8 Å². The number of hydrogen-bond donors (Lipinski definition) is 2. The van der Waals surface area contributed by atoms with Crippen LogP contribution in [0.2, 0.25) is 0 Å². The summed E-state index contributed by atoms with van der Waals surface area (Å²) in [6.07, 6.45) is 0.0630. The van der Waals surface area contributed by atoms with E-state index < -0.39 is 52.5 Å². The Balaban J connectivity index is 1.72. The lowest BCUT2D eigenvalue weighted by Crippen LogP contribution is -2.54. The summed E-state index contributed by atoms with van der Waals surface area (Å²) in [7, 11) is 0. The van der Waals surface area contributed by atoms with Crippen molar-refractivity contribution in [1.29, 1.82) is 0 Å². The molecule has 3 aliphatic heterocycles. The summed E-state index contributed by atoms with van der Waals surface area (Å²) in [6.45, 7) is 3.92. The fraction of sp³-hybridized carbons (Fsp3) is 0.526. The monoisotopic (exact) mass is 410 g/mol. The van der Waals surface area contributed by atoms with Gasteiger partial charge in [0.15, 0.2) is 17.5 Å². The molecule has 3 unspecified atom stereocenters. The first-order chi connectivity index (χ1) is 13.7. The summed E-state index contributed by atoms with van der Waals surface area (Å²) < 4.78 is 45.0. The number of carbonyl (C=O) groups excluding carboxylic acids is 3. The molecule has 0 aliphatic carbocycles. The number of piperidine rings is 1. The van der Waals surface area contributed by atoms with Crippen LogP contribution >= 0.6 is 0 Å². The van der Waals surface area contributed by atoms with E-state index in [1.165, 1.54) is 4.90 Å². The van der Waals surface area contributed by atoms with Crippen LogP contribution in [0.5, 0.6) is 0 Å². The molecule has 2 fully saturated rings. The Kier molecular flexibility index (Phi) is 4.76. The van der Waals surface area contributed by atoms with Crippen molar-refractivity contribution in [2.24, 2.45) is 0 Å². The van der Waals surface area contributed by atoms with Gasteiger partial charge in [0.05, 0.1) is 12.1 Å². The van der Waals surface area contributed by atoms with Crippen molar-refractivity contribution in [3.8, 4) is 0 Å². The molecule has 0 saturated carbocycles. The van der Waals surface area contributed by atoms with Crippen molar-refractivity contribution in [2.45, 2.75) is 51.4 Å². The molecular weight excluding hydrogens is 389 g/mol. The fourth-order valence-corrected chi connectivity index (χ4v) is 4.47. The second-order valence-electron chi connectivity index (χ2n) is 7.92. The van der Waals surface area contributed by atoms with Gasteiger partial charge in [-0.25, -0.2) is 13.2 Å². The molecule has 0 spiro atoms. The van der Waals surface area contributed by atoms with Crippen molar-refractivity contribution >= 4 is 23.4 Å². The highest BCUT2D eigenvalue weighted by molar-refractivity contribution is 6.05. The van der Waals surface area contributed by atoms with E-state index >= 15 is 4.39 Å². The average Bonchev–Trinajstić information content (AvgIpc) is 2.97. The van der Waals surface area contributed by atoms with Gasteiger partial charge < -0.3 is 15.1 Å². The van der Waals surface area contributed by atoms with Gasteiger partial charge in [-0.15, -0.1) is 0 Å². The standard InChI is InChI=1S/C19H21F3N4O3/c1-8-5-25(6-9(2)23-8)17-14(20)10-7-26(11-3-4-12(27)24-18(11)28)19(29)13(10)15(21)16(17)22/h8-9,11,23H,3-7H2,1-2H3,(H,24,27,28). The highest BCUT2D eigenvalue weighted by Gasteiger charge is 2.44. The molecule has 0 radical (unpaired) electrons. The second-order valence-corrected chi connectivity index (χ2v) is 7.92. The summed E-state index contributed by atoms with van der Waals surface area (Å²) in [5.74, 6) is -5.91. The molecule has 1 aromatic carbocycles. The molecule has 29 heavy (non-hydrogen) atoms. The number of nitrogens with one attached hydrogen (secondary N) is 2. The summed E-state index contributed by atoms with van der Waals surface area (Å²) in [4.78, 5) is 38.6. The van der Waals surface area contributed by atoms with Crippen LogP contribution in [0.4, 0.5) is 18.9 Å². The van der Waals surface area contributed by atoms with Crippen LogP contribution in [0.15, 0.2) is 0 Å². The predicted octanol–water partition coefficient (Wildman–Crippen LogP) is 1.05. The number of rotatable bonds is 2. The molecule has 156 valence electrons. The van der Waals surface area contributed by atoms with E-state index in [-0.39, 0.29) is 50.1 Å². The van der Waals surface area contributed by atoms with Crippen LogP contribution in [0.25, 0.3) is 0 Å². The van der Waals surface area contributed by atoms with Crippen LogP contribution in [-0.4, -0.2) is 53.8 Å². The number of halogens is 3. The second kappa shape index (κ2) is 7.01. The SMILES string of the molecule is CC1CN(c2c(F)c(F)c3c(c2F)CN(C2CCC(=O)NC2=O)C3=O)CC(C)N1. The lowest BCUT2D eigenvalue weighted by molar-refractivity contribution is -0.136. The summed E-state index contributed by atoms with van der Waals surface area (Å²) in [5.41, 5.74) is -1.42. The Bertz CT molecular complexity index is 913. The number of carbonyl (C=O) groups is 3. The zero-order chi connectivity index (χ0) is 21.0. The number of nitrogens with zero attached hydrogens (tertiary/aromatic N) is 2. The van der Waals surface area contributed by atoms with Gasteiger partial charge in [-0.3, -0.25) is 19.7 Å². The largest absolute Gasteiger partial charge is 0.364 e. The molecule has 10 heteroatoms. The Hall–Kier alpha value is -2.62. The normalized spacial score (nSPS) is 27.3. The van der Waals surface area contributed by atoms with Crippen LogP contribution < -0.4 is 15.5 Å². The Labute approximate surface area is 165 Å². The smallest absolute Gasteiger partial charge is 0.258 e. The van der Waals surface area contributed by atoms with Crippen LogP contribution in [-0.2, 0) is 16.1 Å². The van der Waals surface area contributed by atoms with E-state index in [4.69, 9.17) is 0 Å². The molecule has 0 aromatic heterocycles. The Morgan fingerprint density at radius 1 is 0.966 bits per heavy atom. The number of benzene rings is 1. The maximum absolute atomic E-state index is 15.3. The molecule has 7 nitrogen and oxygen atoms in total. The highest BCUT2D eigenvalue weighted by atomic mass is 19.2. The van der Waals surface area contributed by atoms with Gasteiger partial charge in [-0.1, -0.05) is 0 Å². The molecule has 2 N–H and O–H groups in total. The minimum absolute atomic E-state index is 0.0116. The van der Waals surface area contributed by atoms with Gasteiger partial charge in [0.25, 0.3) is 5.91 Å². The number of amides is 3. The lowest BCUT2D eigenvalue weighted by Gasteiger charge is -2.38. The van der Waals surface area contributed by atoms with Gasteiger partial charge in [0.2, 0.25) is 11.8 Å². The zero-order valence-electron chi connectivity index (χ0n) is 16.0. The zero-order valence-corrected chi connectivity index (χ0v) is 16.0. The highest BCUT2D eigenvalue weighted by Crippen LogP contribution is 2.38. The Morgan fingerprint density at radius 3 is 2.24 bits per heavy atom. The van der Waals surface area contributed by atoms with E-state index in [0.717, 1.165) is 4.90 Å². The third-order valence-electron chi connectivity index (χ3n) is 5.66. The van der Waals surface area contributed by atoms with Gasteiger partial charge in [0.1, 0.15) is 11.7 Å². The summed E-state index contributed by atoms with van der Waals surface area (Å²) in [6, 6.07) is -1.15. The maximum atomic E-state index is 15.3. The average molecular weight is 410 g/mol. The van der Waals surface area contributed by atoms with Crippen LogP contribution in [0.1, 0.15) is 42.6 Å². The van der Waals surface area contributed by atoms with Gasteiger partial charge in [-0.2, -0.15) is 0 Å². The number of fused-ring (bicyclic) bond motifs is 1. The van der Waals surface area contributed by atoms with E-state index in [2.05, 4.69) is 10.6 Å². The molecule has 1 aromatic rings. The van der Waals surface area contributed by atoms with Crippen molar-refractivity contribution in [3.05, 3.63) is 28.6 Å². The summed E-state index contributed by atoms with van der Waals surface area (Å²) >= 11 is 0. The quantitative estimate of drug-likeness (QED) is 0.563. The van der Waals surface area contributed by atoms with Crippen LogP contribution in [0, 0.1) is 17.5 Å². The number of imide groups is 1. The molecule has 4 rings (SSSR count). The van der Waals surface area contributed by atoms with E-state index in [1.54, 1.807) is 0 Å². The van der Waals surface area contributed by atoms with E-state index in [9.17, 15) is 23.2 Å². The van der Waals surface area contributed by atoms with Crippen LogP contribution in [0.3, 0.4) is 0 Å². The molecular formula is C19H21F3N4O3. The number of anilines is 1. The molecule has 3 atom stereocenters. The third kappa shape index (κ3) is 3.15. The molecule has 3 amide bonds. The molecule has 3 aliphatic rings. The van der Waals surface area contributed by atoms with E-state index in [0.29, 0.717) is 0 Å². The fourth-order valence-electron chi connectivity index (χ4n) is 4.47. The van der Waals surface area contributed by atoms with Crippen molar-refractivity contribution in [3.63, 3.8) is 0 Å². The van der Waals surface area contributed by atoms with Crippen molar-refractivity contribution < 1.29 is 27.6 Å². The number of hydrogen-bond acceptors (Lipinski definition) is 5. The topological polar surface area (TPSA) is 81.8 Å². The lowest BCUT2D eigenvalue weighted by atomic mass is 10.0. The van der Waals surface area contributed by atoms with Gasteiger partial charge in [-0.05, 0) is 20.3 Å². The molecule has 2 saturated heterocycles. The first-order valence-corrected chi connectivity index (χ1v) is 9.54. The molecule has 3 heterocycles. The summed E-state index contributed by atoms with van der Waals surface area (Å²) in [5, 5.41) is 5.35. The van der Waals surface area contributed by atoms with Gasteiger partial charge in [0, 0.05) is 37.2 Å². The molecule has 0 bridgehead atoms. The minimum Gasteiger partial charge on any atom is -0.364 e. The first-order valence-electron chi connectivity index (χ1n) is 9.54. The van der Waals surface area contributed by atoms with Gasteiger partial charge >= 0.3 is 0 Å². The first kappa shape index (κ1) is 19.7. The third-order valence-corrected chi connectivity index (χ3v) is 5.66. The van der Waals surface area contributed by atoms with Crippen molar-refractivity contribution in [1.82, 2.24) is 15.5 Å². The number of piperazine rings is 1. The Morgan fingerprint density at radius 2 is 1.62 bits per heavy atom. The van der Waals surface area contributed by atoms with Crippen molar-refractivity contribution in [2.75, 3.05) is 18.0 Å². The minimum atomic E-state index is -1.41. The maximum Gasteiger partial charge on any atom is 0.258 e.